The van der Waals surface area contributed by atoms with Gasteiger partial charge in [-0.2, -0.15) is 13.2 Å². The highest BCUT2D eigenvalue weighted by Gasteiger charge is 2.33. The fourth-order valence-electron chi connectivity index (χ4n) is 2.69. The molecule has 3 rings (SSSR count). The second kappa shape index (κ2) is 6.89. The van der Waals surface area contributed by atoms with Crippen molar-refractivity contribution in [1.29, 1.82) is 0 Å². The Labute approximate surface area is 145 Å². The van der Waals surface area contributed by atoms with Gasteiger partial charge >= 0.3 is 6.18 Å². The smallest absolute Gasteiger partial charge is 0.346 e. The van der Waals surface area contributed by atoms with E-state index in [0.717, 1.165) is 18.2 Å². The van der Waals surface area contributed by atoms with Gasteiger partial charge in [-0.25, -0.2) is 13.8 Å². The Morgan fingerprint density at radius 1 is 1.04 bits per heavy atom. The van der Waals surface area contributed by atoms with Gasteiger partial charge in [0, 0.05) is 19.6 Å². The number of nitrogens with zero attached hydrogens (tertiary/aromatic N) is 3. The van der Waals surface area contributed by atoms with Crippen LogP contribution in [-0.4, -0.2) is 35.4 Å². The molecule has 1 amide bonds. The number of aromatic nitrogens is 1. The first-order chi connectivity index (χ1) is 12.2. The van der Waals surface area contributed by atoms with E-state index in [1.54, 1.807) is 0 Å². The Morgan fingerprint density at radius 3 is 2.46 bits per heavy atom. The summed E-state index contributed by atoms with van der Waals surface area (Å²) in [4.78, 5) is 18.8. The molecule has 4 nitrogen and oxygen atoms in total. The van der Waals surface area contributed by atoms with Crippen LogP contribution in [-0.2, 0) is 17.5 Å². The number of pyridine rings is 1. The summed E-state index contributed by atoms with van der Waals surface area (Å²) < 4.78 is 64.5. The zero-order valence-corrected chi connectivity index (χ0v) is 13.4. The van der Waals surface area contributed by atoms with E-state index in [1.807, 2.05) is 0 Å². The number of hydrogen-bond donors (Lipinski definition) is 0. The van der Waals surface area contributed by atoms with Gasteiger partial charge in [0.1, 0.15) is 11.5 Å². The second-order valence-electron chi connectivity index (χ2n) is 5.86. The third-order valence-corrected chi connectivity index (χ3v) is 4.02. The van der Waals surface area contributed by atoms with Gasteiger partial charge in [0.25, 0.3) is 0 Å². The van der Waals surface area contributed by atoms with E-state index in [0.29, 0.717) is 5.56 Å². The van der Waals surface area contributed by atoms with Crippen molar-refractivity contribution in [1.82, 2.24) is 9.88 Å². The SMILES string of the molecule is O=C1CN(c2cccc(C(F)(F)F)n2)CCN1Cc1ccc(F)c(F)c1. The summed E-state index contributed by atoms with van der Waals surface area (Å²) in [5.74, 6) is -2.23. The molecule has 0 radical (unpaired) electrons. The van der Waals surface area contributed by atoms with Gasteiger partial charge in [-0.1, -0.05) is 12.1 Å². The van der Waals surface area contributed by atoms with Crippen LogP contribution in [0.2, 0.25) is 0 Å². The summed E-state index contributed by atoms with van der Waals surface area (Å²) >= 11 is 0. The largest absolute Gasteiger partial charge is 0.433 e. The molecular weight excluding hydrogens is 357 g/mol. The van der Waals surface area contributed by atoms with Gasteiger partial charge in [0.15, 0.2) is 11.6 Å². The molecule has 0 spiro atoms. The molecule has 1 saturated heterocycles. The highest BCUT2D eigenvalue weighted by molar-refractivity contribution is 5.82. The first-order valence-electron chi connectivity index (χ1n) is 7.75. The molecule has 9 heteroatoms. The molecule has 2 aromatic rings. The van der Waals surface area contributed by atoms with Crippen LogP contribution in [0.1, 0.15) is 11.3 Å². The zero-order chi connectivity index (χ0) is 18.9. The Bertz CT molecular complexity index is 824. The van der Waals surface area contributed by atoms with Gasteiger partial charge in [-0.05, 0) is 29.8 Å². The number of halogens is 5. The maximum absolute atomic E-state index is 13.3. The molecule has 0 N–H and O–H groups in total. The molecule has 1 aliphatic heterocycles. The predicted molar refractivity (Wildman–Crippen MR) is 83.2 cm³/mol. The van der Waals surface area contributed by atoms with Crippen molar-refractivity contribution in [3.8, 4) is 0 Å². The Kier molecular flexibility index (Phi) is 4.80. The summed E-state index contributed by atoms with van der Waals surface area (Å²) in [6.07, 6.45) is -4.56. The number of rotatable bonds is 3. The van der Waals surface area contributed by atoms with Crippen molar-refractivity contribution in [2.45, 2.75) is 12.7 Å². The molecular formula is C17H14F5N3O. The van der Waals surface area contributed by atoms with Gasteiger partial charge < -0.3 is 9.80 Å². The topological polar surface area (TPSA) is 36.4 Å². The van der Waals surface area contributed by atoms with Crippen molar-refractivity contribution >= 4 is 11.7 Å². The second-order valence-corrected chi connectivity index (χ2v) is 5.86. The summed E-state index contributed by atoms with van der Waals surface area (Å²) in [7, 11) is 0. The molecule has 0 atom stereocenters. The van der Waals surface area contributed by atoms with Crippen molar-refractivity contribution in [3.05, 3.63) is 59.3 Å². The van der Waals surface area contributed by atoms with E-state index in [1.165, 1.54) is 28.0 Å². The summed E-state index contributed by atoms with van der Waals surface area (Å²) in [5, 5.41) is 0. The average Bonchev–Trinajstić information content (AvgIpc) is 2.59. The number of benzene rings is 1. The molecule has 1 aromatic heterocycles. The van der Waals surface area contributed by atoms with E-state index in [4.69, 9.17) is 0 Å². The highest BCUT2D eigenvalue weighted by atomic mass is 19.4. The maximum atomic E-state index is 13.3. The molecule has 26 heavy (non-hydrogen) atoms. The summed E-state index contributed by atoms with van der Waals surface area (Å²) in [6, 6.07) is 6.90. The minimum Gasteiger partial charge on any atom is -0.346 e. The minimum absolute atomic E-state index is 0.0700. The van der Waals surface area contributed by atoms with Crippen LogP contribution in [0.15, 0.2) is 36.4 Å². The van der Waals surface area contributed by atoms with Crippen molar-refractivity contribution in [2.24, 2.45) is 0 Å². The molecule has 1 fully saturated rings. The normalized spacial score (nSPS) is 15.5. The van der Waals surface area contributed by atoms with Crippen molar-refractivity contribution < 1.29 is 26.7 Å². The van der Waals surface area contributed by atoms with Gasteiger partial charge in [-0.3, -0.25) is 4.79 Å². The molecule has 2 heterocycles. The monoisotopic (exact) mass is 371 g/mol. The lowest BCUT2D eigenvalue weighted by molar-refractivity contribution is -0.141. The van der Waals surface area contributed by atoms with Crippen LogP contribution in [0.3, 0.4) is 0 Å². The number of alkyl halides is 3. The fourth-order valence-corrected chi connectivity index (χ4v) is 2.69. The summed E-state index contributed by atoms with van der Waals surface area (Å²) in [5.41, 5.74) is -0.588. The number of piperazine rings is 1. The minimum atomic E-state index is -4.56. The molecule has 0 unspecified atom stereocenters. The lowest BCUT2D eigenvalue weighted by Crippen LogP contribution is -2.50. The van der Waals surface area contributed by atoms with Crippen LogP contribution in [0.25, 0.3) is 0 Å². The van der Waals surface area contributed by atoms with Crippen LogP contribution < -0.4 is 4.90 Å². The predicted octanol–water partition coefficient (Wildman–Crippen LogP) is 3.23. The van der Waals surface area contributed by atoms with Gasteiger partial charge in [0.05, 0.1) is 6.54 Å². The molecule has 0 bridgehead atoms. The Balaban J connectivity index is 1.69. The van der Waals surface area contributed by atoms with Crippen LogP contribution >= 0.6 is 0 Å². The van der Waals surface area contributed by atoms with Crippen LogP contribution in [0, 0.1) is 11.6 Å². The quantitative estimate of drug-likeness (QED) is 0.778. The zero-order valence-electron chi connectivity index (χ0n) is 13.4. The van der Waals surface area contributed by atoms with E-state index < -0.39 is 23.5 Å². The van der Waals surface area contributed by atoms with E-state index in [2.05, 4.69) is 4.98 Å². The third kappa shape index (κ3) is 3.92. The Hall–Kier alpha value is -2.71. The number of hydrogen-bond acceptors (Lipinski definition) is 3. The molecule has 1 aromatic carbocycles. The highest BCUT2D eigenvalue weighted by Crippen LogP contribution is 2.29. The van der Waals surface area contributed by atoms with Gasteiger partial charge in [-0.15, -0.1) is 0 Å². The van der Waals surface area contributed by atoms with Crippen LogP contribution in [0.5, 0.6) is 0 Å². The first kappa shape index (κ1) is 18.1. The van der Waals surface area contributed by atoms with Crippen LogP contribution in [0.4, 0.5) is 27.8 Å². The third-order valence-electron chi connectivity index (χ3n) is 4.02. The lowest BCUT2D eigenvalue weighted by Gasteiger charge is -2.35. The van der Waals surface area contributed by atoms with Crippen molar-refractivity contribution in [3.63, 3.8) is 0 Å². The van der Waals surface area contributed by atoms with E-state index in [9.17, 15) is 26.7 Å². The standard InChI is InChI=1S/C17H14F5N3O/c18-12-5-4-11(8-13(12)19)9-25-7-6-24(10-16(25)26)15-3-1-2-14(23-15)17(20,21)22/h1-5,8H,6-7,9-10H2. The average molecular weight is 371 g/mol. The molecule has 138 valence electrons. The van der Waals surface area contributed by atoms with E-state index >= 15 is 0 Å². The number of carbonyl (C=O) groups is 1. The first-order valence-corrected chi connectivity index (χ1v) is 7.75. The number of anilines is 1. The number of carbonyl (C=O) groups excluding carboxylic acids is 1. The molecule has 0 saturated carbocycles. The number of amides is 1. The molecule has 1 aliphatic rings. The lowest BCUT2D eigenvalue weighted by atomic mass is 10.2. The Morgan fingerprint density at radius 2 is 1.81 bits per heavy atom. The summed E-state index contributed by atoms with van der Waals surface area (Å²) in [6.45, 7) is 0.470. The van der Waals surface area contributed by atoms with Gasteiger partial charge in [0.2, 0.25) is 5.91 Å². The maximum Gasteiger partial charge on any atom is 0.433 e. The van der Waals surface area contributed by atoms with Crippen molar-refractivity contribution in [2.75, 3.05) is 24.5 Å². The fraction of sp³-hybridized carbons (Fsp3) is 0.294. The van der Waals surface area contributed by atoms with E-state index in [-0.39, 0.29) is 37.9 Å². The molecule has 0 aliphatic carbocycles.